The van der Waals surface area contributed by atoms with Crippen molar-refractivity contribution in [2.75, 3.05) is 18.6 Å². The number of ether oxygens (including phenoxy) is 1. The van der Waals surface area contributed by atoms with Crippen LogP contribution in [0, 0.1) is 0 Å². The molecule has 2 rings (SSSR count). The van der Waals surface area contributed by atoms with E-state index < -0.39 is 17.3 Å². The standard InChI is InChI=1S/C12H11F3N4O2/c1-21-7-3-2-5(12(13,14)15)4-6(7)10-18-9(17)8(16)11(20)19-10/h2-4H,16H2,1H3,(H3,17,18,19,20). The molecule has 9 heteroatoms. The van der Waals surface area contributed by atoms with Crippen LogP contribution in [0.2, 0.25) is 0 Å². The zero-order valence-electron chi connectivity index (χ0n) is 10.8. The molecule has 0 atom stereocenters. The fourth-order valence-corrected chi connectivity index (χ4v) is 1.70. The van der Waals surface area contributed by atoms with Crippen LogP contribution in [0.3, 0.4) is 0 Å². The number of H-pyrrole nitrogens is 1. The molecule has 0 aliphatic heterocycles. The third-order valence-corrected chi connectivity index (χ3v) is 2.77. The van der Waals surface area contributed by atoms with Crippen LogP contribution >= 0.6 is 0 Å². The molecule has 0 amide bonds. The average molecular weight is 300 g/mol. The van der Waals surface area contributed by atoms with Crippen LogP contribution in [0.5, 0.6) is 5.75 Å². The summed E-state index contributed by atoms with van der Waals surface area (Å²) in [6, 6.07) is 2.80. The van der Waals surface area contributed by atoms with Gasteiger partial charge in [0.1, 0.15) is 17.3 Å². The lowest BCUT2D eigenvalue weighted by Crippen LogP contribution is -2.17. The summed E-state index contributed by atoms with van der Waals surface area (Å²) in [6.07, 6.45) is -4.54. The topological polar surface area (TPSA) is 107 Å². The predicted molar refractivity (Wildman–Crippen MR) is 70.7 cm³/mol. The predicted octanol–water partition coefficient (Wildman–Crippen LogP) is 1.63. The van der Waals surface area contributed by atoms with Crippen molar-refractivity contribution in [3.8, 4) is 17.1 Å². The summed E-state index contributed by atoms with van der Waals surface area (Å²) in [7, 11) is 1.28. The number of aromatic amines is 1. The van der Waals surface area contributed by atoms with E-state index in [1.807, 2.05) is 0 Å². The third-order valence-electron chi connectivity index (χ3n) is 2.77. The Morgan fingerprint density at radius 2 is 1.95 bits per heavy atom. The summed E-state index contributed by atoms with van der Waals surface area (Å²) in [5.74, 6) is -0.321. The minimum absolute atomic E-state index is 0.0453. The van der Waals surface area contributed by atoms with Crippen LogP contribution in [0.1, 0.15) is 5.56 Å². The van der Waals surface area contributed by atoms with Crippen molar-refractivity contribution in [1.29, 1.82) is 0 Å². The molecule has 5 N–H and O–H groups in total. The van der Waals surface area contributed by atoms with Crippen molar-refractivity contribution >= 4 is 11.5 Å². The highest BCUT2D eigenvalue weighted by atomic mass is 19.4. The Kier molecular flexibility index (Phi) is 3.50. The van der Waals surface area contributed by atoms with Crippen LogP contribution in [0.4, 0.5) is 24.7 Å². The molecule has 0 saturated carbocycles. The number of nitrogens with two attached hydrogens (primary N) is 2. The minimum atomic E-state index is -4.54. The lowest BCUT2D eigenvalue weighted by atomic mass is 10.1. The molecule has 0 saturated heterocycles. The van der Waals surface area contributed by atoms with E-state index in [1.54, 1.807) is 0 Å². The van der Waals surface area contributed by atoms with Crippen molar-refractivity contribution in [1.82, 2.24) is 9.97 Å². The lowest BCUT2D eigenvalue weighted by Gasteiger charge is -2.12. The first-order chi connectivity index (χ1) is 9.74. The number of nitrogen functional groups attached to an aromatic ring is 2. The van der Waals surface area contributed by atoms with E-state index in [4.69, 9.17) is 16.2 Å². The fraction of sp³-hybridized carbons (Fsp3) is 0.167. The maximum Gasteiger partial charge on any atom is 0.416 e. The van der Waals surface area contributed by atoms with Crippen molar-refractivity contribution in [3.63, 3.8) is 0 Å². The molecule has 1 heterocycles. The molecular formula is C12H11F3N4O2. The second kappa shape index (κ2) is 5.00. The highest BCUT2D eigenvalue weighted by Crippen LogP contribution is 2.36. The highest BCUT2D eigenvalue weighted by molar-refractivity contribution is 5.69. The van der Waals surface area contributed by atoms with E-state index in [2.05, 4.69) is 9.97 Å². The van der Waals surface area contributed by atoms with E-state index in [0.29, 0.717) is 0 Å². The summed E-state index contributed by atoms with van der Waals surface area (Å²) in [5, 5.41) is 0. The van der Waals surface area contributed by atoms with Crippen molar-refractivity contribution < 1.29 is 17.9 Å². The molecule has 2 aromatic rings. The van der Waals surface area contributed by atoms with Gasteiger partial charge in [-0.25, -0.2) is 4.98 Å². The number of anilines is 2. The molecule has 0 aliphatic carbocycles. The number of rotatable bonds is 2. The van der Waals surface area contributed by atoms with Gasteiger partial charge in [0.15, 0.2) is 5.82 Å². The van der Waals surface area contributed by atoms with Gasteiger partial charge in [0.05, 0.1) is 18.2 Å². The molecule has 6 nitrogen and oxygen atoms in total. The molecule has 0 bridgehead atoms. The van der Waals surface area contributed by atoms with E-state index in [-0.39, 0.29) is 28.6 Å². The number of hydrogen-bond acceptors (Lipinski definition) is 5. The minimum Gasteiger partial charge on any atom is -0.496 e. The summed E-state index contributed by atoms with van der Waals surface area (Å²) in [5.41, 5.74) is 8.82. The van der Waals surface area contributed by atoms with Gasteiger partial charge < -0.3 is 21.2 Å². The zero-order valence-corrected chi connectivity index (χ0v) is 10.8. The van der Waals surface area contributed by atoms with Crippen molar-refractivity contribution in [2.24, 2.45) is 0 Å². The number of nitrogens with one attached hydrogen (secondary N) is 1. The first-order valence-corrected chi connectivity index (χ1v) is 5.65. The number of methoxy groups -OCH3 is 1. The van der Waals surface area contributed by atoms with Crippen LogP contribution < -0.4 is 21.8 Å². The number of halogens is 3. The Labute approximate surface area is 116 Å². The van der Waals surface area contributed by atoms with Crippen LogP contribution in [-0.2, 0) is 6.18 Å². The Balaban J connectivity index is 2.70. The second-order valence-electron chi connectivity index (χ2n) is 4.13. The molecule has 0 radical (unpaired) electrons. The molecule has 1 aromatic carbocycles. The van der Waals surface area contributed by atoms with Crippen LogP contribution in [0.15, 0.2) is 23.0 Å². The molecule has 0 fully saturated rings. The Morgan fingerprint density at radius 1 is 1.29 bits per heavy atom. The van der Waals surface area contributed by atoms with Gasteiger partial charge in [-0.2, -0.15) is 13.2 Å². The first-order valence-electron chi connectivity index (χ1n) is 5.65. The summed E-state index contributed by atoms with van der Waals surface area (Å²) in [4.78, 5) is 17.6. The molecule has 21 heavy (non-hydrogen) atoms. The average Bonchev–Trinajstić information content (AvgIpc) is 2.42. The summed E-state index contributed by atoms with van der Waals surface area (Å²) in [6.45, 7) is 0. The normalized spacial score (nSPS) is 11.4. The molecule has 1 aromatic heterocycles. The van der Waals surface area contributed by atoms with Gasteiger partial charge in [-0.05, 0) is 18.2 Å². The number of nitrogens with zero attached hydrogens (tertiary/aromatic N) is 1. The van der Waals surface area contributed by atoms with Gasteiger partial charge in [0.2, 0.25) is 0 Å². The molecule has 0 spiro atoms. The van der Waals surface area contributed by atoms with Gasteiger partial charge >= 0.3 is 6.18 Å². The highest BCUT2D eigenvalue weighted by Gasteiger charge is 2.31. The summed E-state index contributed by atoms with van der Waals surface area (Å²) >= 11 is 0. The van der Waals surface area contributed by atoms with E-state index >= 15 is 0 Å². The van der Waals surface area contributed by atoms with E-state index in [9.17, 15) is 18.0 Å². The van der Waals surface area contributed by atoms with Gasteiger partial charge in [0, 0.05) is 0 Å². The maximum absolute atomic E-state index is 12.8. The number of alkyl halides is 3. The van der Waals surface area contributed by atoms with E-state index in [0.717, 1.165) is 18.2 Å². The molecule has 112 valence electrons. The monoisotopic (exact) mass is 300 g/mol. The second-order valence-corrected chi connectivity index (χ2v) is 4.13. The quantitative estimate of drug-likeness (QED) is 0.781. The van der Waals surface area contributed by atoms with Crippen molar-refractivity contribution in [3.05, 3.63) is 34.1 Å². The zero-order chi connectivity index (χ0) is 15.8. The van der Waals surface area contributed by atoms with Crippen LogP contribution in [0.25, 0.3) is 11.4 Å². The SMILES string of the molecule is COc1ccc(C(F)(F)F)cc1-c1nc(N)c(N)c(=O)[nH]1. The molecule has 0 aliphatic rings. The summed E-state index contributed by atoms with van der Waals surface area (Å²) < 4.78 is 43.3. The fourth-order valence-electron chi connectivity index (χ4n) is 1.70. The Hall–Kier alpha value is -2.71. The van der Waals surface area contributed by atoms with Gasteiger partial charge in [0.25, 0.3) is 5.56 Å². The van der Waals surface area contributed by atoms with Gasteiger partial charge in [-0.3, -0.25) is 4.79 Å². The van der Waals surface area contributed by atoms with E-state index in [1.165, 1.54) is 7.11 Å². The lowest BCUT2D eigenvalue weighted by molar-refractivity contribution is -0.137. The van der Waals surface area contributed by atoms with Gasteiger partial charge in [-0.1, -0.05) is 0 Å². The maximum atomic E-state index is 12.8. The molecular weight excluding hydrogens is 289 g/mol. The van der Waals surface area contributed by atoms with Crippen LogP contribution in [-0.4, -0.2) is 17.1 Å². The number of hydrogen-bond donors (Lipinski definition) is 3. The smallest absolute Gasteiger partial charge is 0.416 e. The third kappa shape index (κ3) is 2.76. The van der Waals surface area contributed by atoms with Crippen molar-refractivity contribution in [2.45, 2.75) is 6.18 Å². The first kappa shape index (κ1) is 14.7. The molecule has 0 unspecified atom stereocenters. The number of benzene rings is 1. The van der Waals surface area contributed by atoms with Gasteiger partial charge in [-0.15, -0.1) is 0 Å². The number of aromatic nitrogens is 2. The Morgan fingerprint density at radius 3 is 2.48 bits per heavy atom. The Bertz CT molecular complexity index is 740. The largest absolute Gasteiger partial charge is 0.496 e.